The summed E-state index contributed by atoms with van der Waals surface area (Å²) in [6, 6.07) is 0. The van der Waals surface area contributed by atoms with Crippen molar-refractivity contribution in [3.05, 3.63) is 11.6 Å². The predicted octanol–water partition coefficient (Wildman–Crippen LogP) is 1.63. The summed E-state index contributed by atoms with van der Waals surface area (Å²) >= 11 is 0. The molecule has 3 heteroatoms. The highest BCUT2D eigenvalue weighted by molar-refractivity contribution is 5.94. The topological polar surface area (TPSA) is 54.4 Å². The van der Waals surface area contributed by atoms with E-state index in [0.29, 0.717) is 12.0 Å². The second-order valence-electron chi connectivity index (χ2n) is 4.29. The van der Waals surface area contributed by atoms with Crippen LogP contribution in [0.25, 0.3) is 0 Å². The molecule has 3 nitrogen and oxygen atoms in total. The number of carbonyl (C=O) groups excluding carboxylic acids is 1. The van der Waals surface area contributed by atoms with Crippen LogP contribution in [0.4, 0.5) is 0 Å². The van der Waals surface area contributed by atoms with Crippen LogP contribution in [0.3, 0.4) is 0 Å². The van der Waals surface area contributed by atoms with Crippen molar-refractivity contribution in [2.75, 3.05) is 0 Å². The van der Waals surface area contributed by atoms with Gasteiger partial charge in [0, 0.05) is 6.42 Å². The van der Waals surface area contributed by atoms with Gasteiger partial charge in [0.25, 0.3) is 0 Å². The lowest BCUT2D eigenvalue weighted by Gasteiger charge is -2.34. The van der Waals surface area contributed by atoms with Crippen molar-refractivity contribution in [1.29, 1.82) is 0 Å². The quantitative estimate of drug-likeness (QED) is 0.670. The van der Waals surface area contributed by atoms with Crippen molar-refractivity contribution < 1.29 is 14.7 Å². The summed E-state index contributed by atoms with van der Waals surface area (Å²) in [6.07, 6.45) is 1.77. The second kappa shape index (κ2) is 2.98. The third-order valence-corrected chi connectivity index (χ3v) is 2.50. The average molecular weight is 182 g/mol. The van der Waals surface area contributed by atoms with Crippen molar-refractivity contribution >= 4 is 11.8 Å². The predicted molar refractivity (Wildman–Crippen MR) is 48.3 cm³/mol. The highest BCUT2D eigenvalue weighted by Gasteiger charge is 2.40. The van der Waals surface area contributed by atoms with Gasteiger partial charge in [-0.25, -0.2) is 0 Å². The molecule has 0 fully saturated rings. The van der Waals surface area contributed by atoms with Crippen molar-refractivity contribution in [1.82, 2.24) is 0 Å². The monoisotopic (exact) mass is 182 g/mol. The first-order chi connectivity index (χ1) is 5.84. The number of carboxylic acid groups (broad SMARTS) is 1. The van der Waals surface area contributed by atoms with Gasteiger partial charge in [0.05, 0.1) is 5.92 Å². The molecule has 1 aliphatic rings. The molecule has 0 spiro atoms. The minimum atomic E-state index is -0.841. The molecule has 0 radical (unpaired) electrons. The number of allylic oxidation sites excluding steroid dienone is 1. The van der Waals surface area contributed by atoms with E-state index in [9.17, 15) is 9.59 Å². The van der Waals surface area contributed by atoms with Crippen molar-refractivity contribution in [3.63, 3.8) is 0 Å². The lowest BCUT2D eigenvalue weighted by atomic mass is 9.68. The summed E-state index contributed by atoms with van der Waals surface area (Å²) in [5.74, 6) is -1.34. The van der Waals surface area contributed by atoms with E-state index in [4.69, 9.17) is 5.11 Å². The number of rotatable bonds is 1. The van der Waals surface area contributed by atoms with E-state index < -0.39 is 17.3 Å². The molecule has 1 unspecified atom stereocenters. The van der Waals surface area contributed by atoms with Gasteiger partial charge in [0.15, 0.2) is 5.78 Å². The molecule has 0 bridgehead atoms. The minimum Gasteiger partial charge on any atom is -0.481 e. The van der Waals surface area contributed by atoms with Crippen LogP contribution in [-0.2, 0) is 9.59 Å². The van der Waals surface area contributed by atoms with E-state index >= 15 is 0 Å². The zero-order valence-electron chi connectivity index (χ0n) is 8.13. The Morgan fingerprint density at radius 2 is 2.15 bits per heavy atom. The molecule has 0 aliphatic heterocycles. The molecule has 0 aromatic carbocycles. The molecule has 0 aromatic rings. The van der Waals surface area contributed by atoms with Crippen LogP contribution in [0.2, 0.25) is 0 Å². The Hall–Kier alpha value is -1.12. The number of aliphatic carboxylic acids is 1. The SMILES string of the molecule is CC1=CC(=O)CC(C)(C)C1C(=O)O. The number of carboxylic acids is 1. The van der Waals surface area contributed by atoms with E-state index in [-0.39, 0.29) is 5.78 Å². The number of hydrogen-bond donors (Lipinski definition) is 1. The molecule has 13 heavy (non-hydrogen) atoms. The summed E-state index contributed by atoms with van der Waals surface area (Å²) in [4.78, 5) is 22.1. The fourth-order valence-corrected chi connectivity index (χ4v) is 2.08. The first kappa shape index (κ1) is 9.96. The van der Waals surface area contributed by atoms with Gasteiger partial charge in [-0.1, -0.05) is 19.4 Å². The number of carbonyl (C=O) groups is 2. The van der Waals surface area contributed by atoms with Crippen LogP contribution in [0, 0.1) is 11.3 Å². The van der Waals surface area contributed by atoms with Crippen LogP contribution in [0.1, 0.15) is 27.2 Å². The summed E-state index contributed by atoms with van der Waals surface area (Å²) < 4.78 is 0. The van der Waals surface area contributed by atoms with Gasteiger partial charge in [0.2, 0.25) is 0 Å². The van der Waals surface area contributed by atoms with Gasteiger partial charge in [-0.15, -0.1) is 0 Å². The summed E-state index contributed by atoms with van der Waals surface area (Å²) in [5, 5.41) is 8.98. The van der Waals surface area contributed by atoms with Crippen LogP contribution in [-0.4, -0.2) is 16.9 Å². The van der Waals surface area contributed by atoms with E-state index in [2.05, 4.69) is 0 Å². The standard InChI is InChI=1S/C10H14O3/c1-6-4-7(11)5-10(2,3)8(6)9(12)13/h4,8H,5H2,1-3H3,(H,12,13). The van der Waals surface area contributed by atoms with Gasteiger partial charge in [-0.3, -0.25) is 9.59 Å². The molecule has 1 atom stereocenters. The molecule has 0 heterocycles. The van der Waals surface area contributed by atoms with Crippen LogP contribution >= 0.6 is 0 Å². The summed E-state index contributed by atoms with van der Waals surface area (Å²) in [5.41, 5.74) is 0.204. The van der Waals surface area contributed by atoms with E-state index in [1.54, 1.807) is 6.92 Å². The lowest BCUT2D eigenvalue weighted by molar-refractivity contribution is -0.144. The van der Waals surface area contributed by atoms with Gasteiger partial charge < -0.3 is 5.11 Å². The highest BCUT2D eigenvalue weighted by atomic mass is 16.4. The molecule has 1 aliphatic carbocycles. The van der Waals surface area contributed by atoms with Crippen LogP contribution in [0.5, 0.6) is 0 Å². The molecule has 1 rings (SSSR count). The average Bonchev–Trinajstić information content (AvgIpc) is 1.78. The largest absolute Gasteiger partial charge is 0.481 e. The maximum Gasteiger partial charge on any atom is 0.311 e. The molecular weight excluding hydrogens is 168 g/mol. The Morgan fingerprint density at radius 3 is 2.54 bits per heavy atom. The molecule has 0 aromatic heterocycles. The molecule has 72 valence electrons. The maximum absolute atomic E-state index is 11.2. The molecule has 0 saturated carbocycles. The van der Waals surface area contributed by atoms with Crippen LogP contribution < -0.4 is 0 Å². The normalized spacial score (nSPS) is 26.8. The first-order valence-electron chi connectivity index (χ1n) is 4.28. The van der Waals surface area contributed by atoms with Gasteiger partial charge in [-0.2, -0.15) is 0 Å². The Kier molecular flexibility index (Phi) is 2.28. The number of hydrogen-bond acceptors (Lipinski definition) is 2. The smallest absolute Gasteiger partial charge is 0.311 e. The zero-order chi connectivity index (χ0) is 10.2. The third-order valence-electron chi connectivity index (χ3n) is 2.50. The molecular formula is C10H14O3. The molecule has 1 N–H and O–H groups in total. The fourth-order valence-electron chi connectivity index (χ4n) is 2.08. The van der Waals surface area contributed by atoms with Gasteiger partial charge >= 0.3 is 5.97 Å². The Bertz CT molecular complexity index is 287. The van der Waals surface area contributed by atoms with Gasteiger partial charge in [-0.05, 0) is 18.4 Å². The Labute approximate surface area is 77.4 Å². The van der Waals surface area contributed by atoms with Gasteiger partial charge in [0.1, 0.15) is 0 Å². The molecule has 0 amide bonds. The fraction of sp³-hybridized carbons (Fsp3) is 0.600. The first-order valence-corrected chi connectivity index (χ1v) is 4.28. The third kappa shape index (κ3) is 1.79. The zero-order valence-corrected chi connectivity index (χ0v) is 8.13. The Morgan fingerprint density at radius 1 is 1.62 bits per heavy atom. The van der Waals surface area contributed by atoms with E-state index in [0.717, 1.165) is 0 Å². The molecule has 0 saturated heterocycles. The van der Waals surface area contributed by atoms with E-state index in [1.165, 1.54) is 6.08 Å². The lowest BCUT2D eigenvalue weighted by Crippen LogP contribution is -2.36. The summed E-state index contributed by atoms with van der Waals surface area (Å²) in [7, 11) is 0. The minimum absolute atomic E-state index is 0.0278. The Balaban J connectivity index is 3.10. The highest BCUT2D eigenvalue weighted by Crippen LogP contribution is 2.39. The van der Waals surface area contributed by atoms with Crippen LogP contribution in [0.15, 0.2) is 11.6 Å². The van der Waals surface area contributed by atoms with E-state index in [1.807, 2.05) is 13.8 Å². The number of ketones is 1. The maximum atomic E-state index is 11.2. The van der Waals surface area contributed by atoms with Crippen molar-refractivity contribution in [2.45, 2.75) is 27.2 Å². The van der Waals surface area contributed by atoms with Crippen molar-refractivity contribution in [2.24, 2.45) is 11.3 Å². The second-order valence-corrected chi connectivity index (χ2v) is 4.29. The van der Waals surface area contributed by atoms with Crippen molar-refractivity contribution in [3.8, 4) is 0 Å². The summed E-state index contributed by atoms with van der Waals surface area (Å²) in [6.45, 7) is 5.35.